The van der Waals surface area contributed by atoms with Gasteiger partial charge in [-0.25, -0.2) is 0 Å². The Morgan fingerprint density at radius 1 is 0.423 bits per heavy atom. The van der Waals surface area contributed by atoms with Crippen LogP contribution in [0.2, 0.25) is 0 Å². The number of hydrogen-bond donors (Lipinski definition) is 0. The molecule has 0 aromatic heterocycles. The molecule has 0 aliphatic carbocycles. The third kappa shape index (κ3) is 18.4. The van der Waals surface area contributed by atoms with Crippen LogP contribution < -0.4 is 9.47 Å². The molecule has 0 saturated heterocycles. The van der Waals surface area contributed by atoms with Crippen LogP contribution in [0.3, 0.4) is 0 Å². The van der Waals surface area contributed by atoms with E-state index in [0.29, 0.717) is 20.6 Å². The van der Waals surface area contributed by atoms with E-state index in [0.717, 1.165) is 43.8 Å². The molecule has 0 unspecified atom stereocenters. The van der Waals surface area contributed by atoms with Gasteiger partial charge in [0.05, 0.1) is 0 Å². The summed E-state index contributed by atoms with van der Waals surface area (Å²) < 4.78 is 99.5. The standard InChI is InChI=1S/C26H22O4.10CO.2Cr/c1-27-15-19-13-17-9-5-7-11-21(17)23(25(19)29-3)24-22-12-8-6-10-18(22)14-20(16-28-2)26(24)30-4;10*1-2;;/h5-14H,1-4H3;;;;;;;;;;;;. The van der Waals surface area contributed by atoms with Crippen molar-refractivity contribution in [3.8, 4) is 22.6 Å². The van der Waals surface area contributed by atoms with Crippen molar-refractivity contribution in [2.75, 3.05) is 28.4 Å². The van der Waals surface area contributed by atoms with E-state index >= 15 is 0 Å². The number of fused-ring (bicyclic) bond motifs is 2. The van der Waals surface area contributed by atoms with Crippen LogP contribution in [0.15, 0.2) is 60.7 Å². The summed E-state index contributed by atoms with van der Waals surface area (Å²) in [7, 11) is 6.64. The van der Waals surface area contributed by atoms with Crippen molar-refractivity contribution < 1.29 is 97.2 Å². The van der Waals surface area contributed by atoms with E-state index in [2.05, 4.69) is 135 Å². The van der Waals surface area contributed by atoms with Gasteiger partial charge >= 0.3 is 317 Å². The Morgan fingerprint density at radius 3 is 0.865 bits per heavy atom. The molecule has 262 valence electrons. The molecule has 0 saturated carbocycles. The summed E-state index contributed by atoms with van der Waals surface area (Å²) in [6.45, 7) is 45.0. The second-order valence-corrected chi connectivity index (χ2v) is 8.25. The summed E-state index contributed by atoms with van der Waals surface area (Å²) in [6, 6.07) is 20.6. The second kappa shape index (κ2) is 46.1. The quantitative estimate of drug-likeness (QED) is 0.192. The summed E-state index contributed by atoms with van der Waals surface area (Å²) in [5.41, 5.74) is 3.56. The van der Waals surface area contributed by atoms with E-state index in [1.54, 1.807) is 28.4 Å². The van der Waals surface area contributed by atoms with Crippen molar-refractivity contribution >= 4 is 30.7 Å². The number of benzene rings is 4. The fraction of sp³-hybridized carbons (Fsp3) is 0.111. The summed E-state index contributed by atoms with van der Waals surface area (Å²) >= 11 is 6.04. The first-order valence-corrected chi connectivity index (χ1v) is 13.2. The molecule has 14 nitrogen and oxygen atoms in total. The zero-order valence-corrected chi connectivity index (χ0v) is 29.9. The number of hydrogen-bond acceptors (Lipinski definition) is 4. The monoisotopic (exact) mass is 782 g/mol. The zero-order valence-electron chi connectivity index (χ0n) is 27.3. The third-order valence-corrected chi connectivity index (χ3v) is 6.68. The van der Waals surface area contributed by atoms with Crippen molar-refractivity contribution in [3.63, 3.8) is 0 Å². The van der Waals surface area contributed by atoms with Crippen molar-refractivity contribution in [1.29, 1.82) is 0 Å². The number of methoxy groups -OCH3 is 4. The molecule has 0 aliphatic rings. The van der Waals surface area contributed by atoms with Crippen molar-refractivity contribution in [1.82, 2.24) is 0 Å². The van der Waals surface area contributed by atoms with Gasteiger partial charge in [0.1, 0.15) is 0 Å². The molecule has 0 aliphatic heterocycles. The molecule has 0 N–H and O–H groups in total. The van der Waals surface area contributed by atoms with E-state index in [1.165, 1.54) is 0 Å². The fourth-order valence-electron chi connectivity index (χ4n) is 4.10. The Kier molecular flexibility index (Phi) is 55.2. The van der Waals surface area contributed by atoms with Gasteiger partial charge in [0.15, 0.2) is 0 Å². The molecule has 4 aromatic carbocycles. The van der Waals surface area contributed by atoms with Crippen LogP contribution in [0.25, 0.3) is 32.7 Å². The molecule has 0 fully saturated rings. The molecular formula is C36H22Cr2O14. The van der Waals surface area contributed by atoms with E-state index < -0.39 is 0 Å². The molecule has 0 heterocycles. The topological polar surface area (TPSA) is 236 Å². The van der Waals surface area contributed by atoms with Crippen LogP contribution in [-0.2, 0) is 87.7 Å². The summed E-state index contributed by atoms with van der Waals surface area (Å²) in [6.07, 6.45) is 0. The second-order valence-electron chi connectivity index (χ2n) is 7.09. The Labute approximate surface area is 316 Å². The molecule has 0 amide bonds. The van der Waals surface area contributed by atoms with Crippen LogP contribution in [0.4, 0.5) is 0 Å². The van der Waals surface area contributed by atoms with Crippen LogP contribution in [-0.4, -0.2) is 37.6 Å². The first-order valence-electron chi connectivity index (χ1n) is 12.0. The van der Waals surface area contributed by atoms with E-state index in [-0.39, 0.29) is 0 Å². The normalized spacial score (nSPS) is 7.15. The summed E-state index contributed by atoms with van der Waals surface area (Å²) in [4.78, 5) is 0. The van der Waals surface area contributed by atoms with E-state index in [9.17, 15) is 0 Å². The predicted octanol–water partition coefficient (Wildman–Crippen LogP) is 4.64. The van der Waals surface area contributed by atoms with E-state index in [4.69, 9.17) is 65.5 Å². The molecule has 0 spiro atoms. The van der Waals surface area contributed by atoms with Crippen LogP contribution in [0.1, 0.15) is 11.1 Å². The van der Waals surface area contributed by atoms with Crippen LogP contribution in [0, 0.1) is 66.5 Å². The molecule has 52 heavy (non-hydrogen) atoms. The van der Waals surface area contributed by atoms with Crippen molar-refractivity contribution in [3.05, 3.63) is 138 Å². The Morgan fingerprint density at radius 2 is 0.654 bits per heavy atom. The summed E-state index contributed by atoms with van der Waals surface area (Å²) in [5.74, 6) is 1.41. The fourth-order valence-corrected chi connectivity index (χ4v) is 4.57. The maximum absolute atomic E-state index is 7.50. The third-order valence-electron chi connectivity index (χ3n) is 5.47. The molecule has 16 heteroatoms. The Bertz CT molecular complexity index is 1640. The van der Waals surface area contributed by atoms with Gasteiger partial charge < -0.3 is 0 Å². The minimum atomic E-state index is 0.654. The molecule has 0 bridgehead atoms. The van der Waals surface area contributed by atoms with Crippen molar-refractivity contribution in [2.45, 2.75) is 0 Å². The van der Waals surface area contributed by atoms with Gasteiger partial charge in [0.25, 0.3) is 0 Å². The number of rotatable bonds is 7. The molecule has 0 atom stereocenters. The van der Waals surface area contributed by atoms with Gasteiger partial charge in [-0.2, -0.15) is 0 Å². The van der Waals surface area contributed by atoms with Crippen molar-refractivity contribution in [2.24, 2.45) is 0 Å². The van der Waals surface area contributed by atoms with Gasteiger partial charge in [-0.1, -0.05) is 0 Å². The Hall–Kier alpha value is -4.88. The van der Waals surface area contributed by atoms with Crippen LogP contribution in [0.5, 0.6) is 11.5 Å². The molecular weight excluding hydrogens is 760 g/mol. The van der Waals surface area contributed by atoms with Gasteiger partial charge in [-0.15, -0.1) is 0 Å². The zero-order chi connectivity index (χ0) is 42.8. The summed E-state index contributed by atoms with van der Waals surface area (Å²) in [5, 5.41) is 4.24. The molecule has 4 aromatic rings. The molecule has 0 radical (unpaired) electrons. The van der Waals surface area contributed by atoms with Gasteiger partial charge in [0.2, 0.25) is 0 Å². The first kappa shape index (κ1) is 62.3. The molecule has 4 rings (SSSR count). The van der Waals surface area contributed by atoms with Gasteiger partial charge in [-0.3, -0.25) is 0 Å². The maximum atomic E-state index is 7.50. The SMILES string of the molecule is CO[C](=[Cr])c1cc2ccccc2c(-c2c(OC)c([C](=[Cr])OC)cc3ccccc23)c1OC.[C-]#[O+].[C-]#[O+].[C-]#[O+].[C-]#[O+].[C-]#[O+].[C-]#[O+].[C-]#[O+].[C-]#[O+].[C-]#[O+].[C-]#[O+]. The number of ether oxygens (including phenoxy) is 4. The minimum absolute atomic E-state index is 0.654. The van der Waals surface area contributed by atoms with Crippen LogP contribution >= 0.6 is 0 Å². The predicted molar refractivity (Wildman–Crippen MR) is 162 cm³/mol. The van der Waals surface area contributed by atoms with Gasteiger partial charge in [-0.05, 0) is 0 Å². The average Bonchev–Trinajstić information content (AvgIpc) is 3.28. The van der Waals surface area contributed by atoms with E-state index in [1.807, 2.05) is 24.3 Å². The Balaban J connectivity index is -0.000000175. The average molecular weight is 783 g/mol. The first-order chi connectivity index (χ1) is 25.5. The van der Waals surface area contributed by atoms with Gasteiger partial charge in [0, 0.05) is 0 Å².